The predicted octanol–water partition coefficient (Wildman–Crippen LogP) is 1.95. The number of hydrogen-bond acceptors (Lipinski definition) is 6. The second-order valence-corrected chi connectivity index (χ2v) is 6.73. The summed E-state index contributed by atoms with van der Waals surface area (Å²) in [4.78, 5) is 14.9. The highest BCUT2D eigenvalue weighted by Gasteiger charge is 2.35. The highest BCUT2D eigenvalue weighted by Crippen LogP contribution is 2.33. The minimum absolute atomic E-state index is 0.385. The standard InChI is InChI=1S/C14H19N5S/c1-9-7-18-5-2-3-10(18)8-19(9)12-11-4-6-20-13(11)17-14(15)16-12/h4,6,9-10H,2-3,5,7-8H2,1H3,(H2,15,16,17). The zero-order chi connectivity index (χ0) is 13.7. The normalized spacial score (nSPS) is 27.1. The molecule has 2 fully saturated rings. The molecular weight excluding hydrogens is 270 g/mol. The van der Waals surface area contributed by atoms with E-state index in [0.717, 1.165) is 29.1 Å². The van der Waals surface area contributed by atoms with E-state index >= 15 is 0 Å². The number of nitrogens with zero attached hydrogens (tertiary/aromatic N) is 4. The third-order valence-corrected chi connectivity index (χ3v) is 5.34. The van der Waals surface area contributed by atoms with E-state index in [1.807, 2.05) is 0 Å². The molecule has 0 saturated carbocycles. The van der Waals surface area contributed by atoms with Gasteiger partial charge in [0.25, 0.3) is 0 Å². The Bertz CT molecular complexity index is 640. The van der Waals surface area contributed by atoms with Crippen molar-refractivity contribution in [2.75, 3.05) is 30.3 Å². The topological polar surface area (TPSA) is 58.3 Å². The van der Waals surface area contributed by atoms with Gasteiger partial charge in [-0.15, -0.1) is 11.3 Å². The fraction of sp³-hybridized carbons (Fsp3) is 0.571. The van der Waals surface area contributed by atoms with Gasteiger partial charge in [0.15, 0.2) is 0 Å². The second-order valence-electron chi connectivity index (χ2n) is 5.84. The third kappa shape index (κ3) is 1.86. The van der Waals surface area contributed by atoms with E-state index in [0.29, 0.717) is 18.0 Å². The summed E-state index contributed by atoms with van der Waals surface area (Å²) in [5, 5.41) is 3.21. The largest absolute Gasteiger partial charge is 0.368 e. The molecule has 5 nitrogen and oxygen atoms in total. The first-order valence-electron chi connectivity index (χ1n) is 7.24. The van der Waals surface area contributed by atoms with Crippen LogP contribution in [0.1, 0.15) is 19.8 Å². The summed E-state index contributed by atoms with van der Waals surface area (Å²) in [7, 11) is 0. The van der Waals surface area contributed by atoms with Crippen LogP contribution in [0.3, 0.4) is 0 Å². The molecule has 6 heteroatoms. The van der Waals surface area contributed by atoms with Gasteiger partial charge in [0.1, 0.15) is 10.6 Å². The number of nitrogens with two attached hydrogens (primary N) is 1. The first-order valence-corrected chi connectivity index (χ1v) is 8.12. The van der Waals surface area contributed by atoms with Gasteiger partial charge in [0.05, 0.1) is 5.39 Å². The Morgan fingerprint density at radius 1 is 1.35 bits per heavy atom. The van der Waals surface area contributed by atoms with Crippen molar-refractivity contribution in [3.05, 3.63) is 11.4 Å². The van der Waals surface area contributed by atoms with Crippen molar-refractivity contribution in [1.82, 2.24) is 14.9 Å². The van der Waals surface area contributed by atoms with Gasteiger partial charge in [0, 0.05) is 25.2 Å². The van der Waals surface area contributed by atoms with E-state index < -0.39 is 0 Å². The Labute approximate surface area is 122 Å². The lowest BCUT2D eigenvalue weighted by Crippen LogP contribution is -2.55. The summed E-state index contributed by atoms with van der Waals surface area (Å²) in [5.41, 5.74) is 5.89. The maximum Gasteiger partial charge on any atom is 0.223 e. The summed E-state index contributed by atoms with van der Waals surface area (Å²) in [6.45, 7) is 5.72. The van der Waals surface area contributed by atoms with Gasteiger partial charge in [-0.25, -0.2) is 4.98 Å². The zero-order valence-electron chi connectivity index (χ0n) is 11.6. The summed E-state index contributed by atoms with van der Waals surface area (Å²) in [5.74, 6) is 1.41. The quantitative estimate of drug-likeness (QED) is 0.869. The van der Waals surface area contributed by atoms with E-state index in [4.69, 9.17) is 5.73 Å². The van der Waals surface area contributed by atoms with Crippen LogP contribution in [0, 0.1) is 0 Å². The molecule has 2 aliphatic rings. The van der Waals surface area contributed by atoms with Gasteiger partial charge >= 0.3 is 0 Å². The van der Waals surface area contributed by atoms with E-state index in [-0.39, 0.29) is 0 Å². The van der Waals surface area contributed by atoms with E-state index in [9.17, 15) is 0 Å². The molecule has 2 aromatic rings. The van der Waals surface area contributed by atoms with Crippen molar-refractivity contribution in [1.29, 1.82) is 0 Å². The van der Waals surface area contributed by atoms with Crippen molar-refractivity contribution < 1.29 is 0 Å². The Balaban J connectivity index is 1.76. The van der Waals surface area contributed by atoms with Crippen LogP contribution in [0.25, 0.3) is 10.2 Å². The van der Waals surface area contributed by atoms with Crippen LogP contribution in [-0.2, 0) is 0 Å². The number of fused-ring (bicyclic) bond motifs is 2. The molecule has 2 saturated heterocycles. The molecule has 0 radical (unpaired) electrons. The van der Waals surface area contributed by atoms with Gasteiger partial charge in [-0.2, -0.15) is 4.98 Å². The minimum Gasteiger partial charge on any atom is -0.368 e. The van der Waals surface area contributed by atoms with Crippen LogP contribution < -0.4 is 10.6 Å². The van der Waals surface area contributed by atoms with E-state index in [1.54, 1.807) is 11.3 Å². The Hall–Kier alpha value is -1.40. The Kier molecular flexibility index (Phi) is 2.82. The fourth-order valence-electron chi connectivity index (χ4n) is 3.56. The van der Waals surface area contributed by atoms with Gasteiger partial charge in [0.2, 0.25) is 5.95 Å². The van der Waals surface area contributed by atoms with Gasteiger partial charge < -0.3 is 10.6 Å². The number of piperazine rings is 1. The molecular formula is C14H19N5S. The lowest BCUT2D eigenvalue weighted by Gasteiger charge is -2.43. The number of thiophene rings is 1. The molecule has 0 aliphatic carbocycles. The molecule has 0 aromatic carbocycles. The zero-order valence-corrected chi connectivity index (χ0v) is 12.4. The SMILES string of the molecule is CC1CN2CCCC2CN1c1nc(N)nc2sccc12. The molecule has 0 amide bonds. The van der Waals surface area contributed by atoms with Gasteiger partial charge in [-0.05, 0) is 37.8 Å². The monoisotopic (exact) mass is 289 g/mol. The number of rotatable bonds is 1. The molecule has 2 aromatic heterocycles. The molecule has 2 aliphatic heterocycles. The second kappa shape index (κ2) is 4.56. The van der Waals surface area contributed by atoms with Gasteiger partial charge in [-0.1, -0.05) is 0 Å². The first kappa shape index (κ1) is 12.3. The molecule has 2 N–H and O–H groups in total. The summed E-state index contributed by atoms with van der Waals surface area (Å²) < 4.78 is 0. The van der Waals surface area contributed by atoms with Crippen molar-refractivity contribution in [2.45, 2.75) is 31.8 Å². The number of hydrogen-bond donors (Lipinski definition) is 1. The minimum atomic E-state index is 0.385. The first-order chi connectivity index (χ1) is 9.72. The van der Waals surface area contributed by atoms with Crippen LogP contribution in [0.5, 0.6) is 0 Å². The van der Waals surface area contributed by atoms with Crippen molar-refractivity contribution in [2.24, 2.45) is 0 Å². The van der Waals surface area contributed by atoms with Crippen molar-refractivity contribution in [3.63, 3.8) is 0 Å². The van der Waals surface area contributed by atoms with E-state index in [1.165, 1.54) is 19.4 Å². The smallest absolute Gasteiger partial charge is 0.223 e. The molecule has 0 spiro atoms. The van der Waals surface area contributed by atoms with Crippen molar-refractivity contribution >= 4 is 33.3 Å². The molecule has 20 heavy (non-hydrogen) atoms. The molecule has 106 valence electrons. The molecule has 4 rings (SSSR count). The van der Waals surface area contributed by atoms with Crippen LogP contribution >= 0.6 is 11.3 Å². The average molecular weight is 289 g/mol. The number of nitrogen functional groups attached to an aromatic ring is 1. The van der Waals surface area contributed by atoms with Gasteiger partial charge in [-0.3, -0.25) is 4.90 Å². The van der Waals surface area contributed by atoms with Crippen LogP contribution in [-0.4, -0.2) is 46.6 Å². The third-order valence-electron chi connectivity index (χ3n) is 4.53. The Morgan fingerprint density at radius 3 is 3.15 bits per heavy atom. The lowest BCUT2D eigenvalue weighted by molar-refractivity contribution is 0.202. The highest BCUT2D eigenvalue weighted by atomic mass is 32.1. The molecule has 2 unspecified atom stereocenters. The summed E-state index contributed by atoms with van der Waals surface area (Å²) >= 11 is 1.63. The highest BCUT2D eigenvalue weighted by molar-refractivity contribution is 7.16. The van der Waals surface area contributed by atoms with Crippen LogP contribution in [0.15, 0.2) is 11.4 Å². The summed E-state index contributed by atoms with van der Waals surface area (Å²) in [6, 6.07) is 3.26. The van der Waals surface area contributed by atoms with Crippen LogP contribution in [0.2, 0.25) is 0 Å². The lowest BCUT2D eigenvalue weighted by atomic mass is 10.1. The average Bonchev–Trinajstić information content (AvgIpc) is 3.04. The summed E-state index contributed by atoms with van der Waals surface area (Å²) in [6.07, 6.45) is 2.63. The fourth-order valence-corrected chi connectivity index (χ4v) is 4.32. The molecule has 4 heterocycles. The molecule has 0 bridgehead atoms. The number of aromatic nitrogens is 2. The maximum absolute atomic E-state index is 5.89. The number of anilines is 2. The predicted molar refractivity (Wildman–Crippen MR) is 83.2 cm³/mol. The van der Waals surface area contributed by atoms with Crippen molar-refractivity contribution in [3.8, 4) is 0 Å². The molecule has 2 atom stereocenters. The van der Waals surface area contributed by atoms with E-state index in [2.05, 4.69) is 38.1 Å². The Morgan fingerprint density at radius 2 is 2.25 bits per heavy atom. The maximum atomic E-state index is 5.89. The van der Waals surface area contributed by atoms with Crippen LogP contribution in [0.4, 0.5) is 11.8 Å².